The molecular weight excluding hydrogens is 220 g/mol. The van der Waals surface area contributed by atoms with Crippen molar-refractivity contribution in [3.8, 4) is 6.07 Å². The summed E-state index contributed by atoms with van der Waals surface area (Å²) in [5.74, 6) is 2.96. The highest BCUT2D eigenvalue weighted by molar-refractivity contribution is 5.11. The molecule has 0 aromatic rings. The number of rotatable bonds is 3. The zero-order valence-electron chi connectivity index (χ0n) is 12.1. The van der Waals surface area contributed by atoms with Gasteiger partial charge < -0.3 is 0 Å². The number of nitrogens with zero attached hydrogens (tertiary/aromatic N) is 2. The van der Waals surface area contributed by atoms with Gasteiger partial charge in [-0.1, -0.05) is 0 Å². The van der Waals surface area contributed by atoms with Crippen LogP contribution in [0, 0.1) is 34.5 Å². The molecule has 0 aromatic carbocycles. The first-order valence-electron chi connectivity index (χ1n) is 7.53. The molecule has 4 aliphatic rings. The summed E-state index contributed by atoms with van der Waals surface area (Å²) in [6.07, 6.45) is 9.78. The fourth-order valence-electron chi connectivity index (χ4n) is 5.53. The maximum absolute atomic E-state index is 9.57. The van der Waals surface area contributed by atoms with Crippen molar-refractivity contribution in [2.24, 2.45) is 23.2 Å². The topological polar surface area (TPSA) is 27.0 Å². The highest BCUT2D eigenvalue weighted by Crippen LogP contribution is 2.62. The molecule has 2 heteroatoms. The van der Waals surface area contributed by atoms with Crippen LogP contribution in [0.25, 0.3) is 0 Å². The minimum Gasteiger partial charge on any atom is -0.292 e. The Labute approximate surface area is 111 Å². The van der Waals surface area contributed by atoms with E-state index in [9.17, 15) is 5.26 Å². The molecule has 4 bridgehead atoms. The fourth-order valence-corrected chi connectivity index (χ4v) is 5.53. The monoisotopic (exact) mass is 246 g/mol. The molecule has 4 aliphatic carbocycles. The highest BCUT2D eigenvalue weighted by Gasteiger charge is 2.53. The SMILES string of the molecule is CN(C)C(C)(C#N)CC12CC3CC(CC(C3)C1)C2. The second kappa shape index (κ2) is 3.97. The normalized spacial score (nSPS) is 44.9. The van der Waals surface area contributed by atoms with Gasteiger partial charge in [0.15, 0.2) is 0 Å². The Morgan fingerprint density at radius 1 is 1.11 bits per heavy atom. The minimum atomic E-state index is -0.272. The van der Waals surface area contributed by atoms with Crippen LogP contribution in [0.5, 0.6) is 0 Å². The maximum Gasteiger partial charge on any atom is 0.106 e. The van der Waals surface area contributed by atoms with E-state index in [1.54, 1.807) is 0 Å². The quantitative estimate of drug-likeness (QED) is 0.762. The van der Waals surface area contributed by atoms with Gasteiger partial charge in [-0.3, -0.25) is 4.90 Å². The van der Waals surface area contributed by atoms with Crippen LogP contribution < -0.4 is 0 Å². The van der Waals surface area contributed by atoms with Gasteiger partial charge in [-0.15, -0.1) is 0 Å². The number of hydrogen-bond acceptors (Lipinski definition) is 2. The lowest BCUT2D eigenvalue weighted by molar-refractivity contribution is -0.0729. The van der Waals surface area contributed by atoms with Crippen molar-refractivity contribution < 1.29 is 0 Å². The third-order valence-corrected chi connectivity index (χ3v) is 6.11. The second-order valence-electron chi connectivity index (χ2n) is 7.87. The van der Waals surface area contributed by atoms with Gasteiger partial charge in [-0.2, -0.15) is 5.26 Å². The van der Waals surface area contributed by atoms with E-state index in [1.807, 2.05) is 0 Å². The summed E-state index contributed by atoms with van der Waals surface area (Å²) in [6, 6.07) is 2.58. The van der Waals surface area contributed by atoms with Crippen LogP contribution in [0.3, 0.4) is 0 Å². The average Bonchev–Trinajstić information content (AvgIpc) is 2.25. The Morgan fingerprint density at radius 2 is 1.56 bits per heavy atom. The summed E-state index contributed by atoms with van der Waals surface area (Å²) < 4.78 is 0. The first kappa shape index (κ1) is 12.5. The van der Waals surface area contributed by atoms with Crippen LogP contribution in [0.2, 0.25) is 0 Å². The first-order chi connectivity index (χ1) is 8.45. The van der Waals surface area contributed by atoms with Crippen molar-refractivity contribution in [3.05, 3.63) is 0 Å². The van der Waals surface area contributed by atoms with Gasteiger partial charge >= 0.3 is 0 Å². The molecule has 0 aromatic heterocycles. The van der Waals surface area contributed by atoms with Gasteiger partial charge in [0, 0.05) is 0 Å². The van der Waals surface area contributed by atoms with E-state index in [4.69, 9.17) is 0 Å². The maximum atomic E-state index is 9.57. The van der Waals surface area contributed by atoms with Gasteiger partial charge in [-0.05, 0) is 89.1 Å². The van der Waals surface area contributed by atoms with Crippen LogP contribution in [-0.4, -0.2) is 24.5 Å². The standard InChI is InChI=1S/C16H26N2/c1-15(11-17,18(2)3)10-16-7-12-4-13(8-16)6-14(5-12)9-16/h12-14H,4-10H2,1-3H3. The van der Waals surface area contributed by atoms with Crippen molar-refractivity contribution in [1.29, 1.82) is 5.26 Å². The van der Waals surface area contributed by atoms with Crippen molar-refractivity contribution in [2.75, 3.05) is 14.1 Å². The molecule has 18 heavy (non-hydrogen) atoms. The van der Waals surface area contributed by atoms with Crippen molar-refractivity contribution >= 4 is 0 Å². The number of hydrogen-bond donors (Lipinski definition) is 0. The lowest BCUT2D eigenvalue weighted by Gasteiger charge is -2.58. The van der Waals surface area contributed by atoms with Crippen LogP contribution in [0.15, 0.2) is 0 Å². The first-order valence-corrected chi connectivity index (χ1v) is 7.53. The van der Waals surface area contributed by atoms with Crippen LogP contribution in [0.1, 0.15) is 51.9 Å². The molecule has 4 saturated carbocycles. The zero-order chi connectivity index (χ0) is 13.0. The summed E-state index contributed by atoms with van der Waals surface area (Å²) in [4.78, 5) is 2.13. The molecule has 0 amide bonds. The molecule has 0 N–H and O–H groups in total. The van der Waals surface area contributed by atoms with Gasteiger partial charge in [0.05, 0.1) is 6.07 Å². The van der Waals surface area contributed by atoms with Crippen LogP contribution in [-0.2, 0) is 0 Å². The van der Waals surface area contributed by atoms with Crippen molar-refractivity contribution in [1.82, 2.24) is 4.90 Å². The summed E-state index contributed by atoms with van der Waals surface area (Å²) in [5.41, 5.74) is 0.231. The lowest BCUT2D eigenvalue weighted by Crippen LogP contribution is -2.52. The predicted molar refractivity (Wildman–Crippen MR) is 72.9 cm³/mol. The smallest absolute Gasteiger partial charge is 0.106 e. The zero-order valence-corrected chi connectivity index (χ0v) is 12.1. The van der Waals surface area contributed by atoms with Crippen molar-refractivity contribution in [2.45, 2.75) is 57.4 Å². The number of nitriles is 1. The minimum absolute atomic E-state index is 0.272. The molecule has 100 valence electrons. The molecule has 1 atom stereocenters. The largest absolute Gasteiger partial charge is 0.292 e. The Morgan fingerprint density at radius 3 is 1.89 bits per heavy atom. The molecule has 1 unspecified atom stereocenters. The van der Waals surface area contributed by atoms with E-state index in [1.165, 1.54) is 38.5 Å². The van der Waals surface area contributed by atoms with Crippen LogP contribution >= 0.6 is 0 Å². The molecule has 4 fully saturated rings. The molecule has 0 spiro atoms. The van der Waals surface area contributed by atoms with E-state index < -0.39 is 0 Å². The third kappa shape index (κ3) is 1.88. The van der Waals surface area contributed by atoms with E-state index in [-0.39, 0.29) is 5.54 Å². The third-order valence-electron chi connectivity index (χ3n) is 6.11. The van der Waals surface area contributed by atoms with Gasteiger partial charge in [-0.25, -0.2) is 0 Å². The predicted octanol–water partition coefficient (Wildman–Crippen LogP) is 3.44. The molecule has 0 aliphatic heterocycles. The summed E-state index contributed by atoms with van der Waals surface area (Å²) in [7, 11) is 4.12. The molecule has 2 nitrogen and oxygen atoms in total. The molecule has 0 radical (unpaired) electrons. The molecular formula is C16H26N2. The Balaban J connectivity index is 1.82. The molecule has 0 heterocycles. The summed E-state index contributed by atoms with van der Waals surface area (Å²) >= 11 is 0. The van der Waals surface area contributed by atoms with Crippen LogP contribution in [0.4, 0.5) is 0 Å². The summed E-state index contributed by atoms with van der Waals surface area (Å²) in [6.45, 7) is 2.13. The molecule has 4 rings (SSSR count). The van der Waals surface area contributed by atoms with Gasteiger partial charge in [0.2, 0.25) is 0 Å². The summed E-state index contributed by atoms with van der Waals surface area (Å²) in [5, 5.41) is 9.57. The average molecular weight is 246 g/mol. The van der Waals surface area contributed by atoms with E-state index in [2.05, 4.69) is 32.0 Å². The van der Waals surface area contributed by atoms with E-state index in [0.717, 1.165) is 24.2 Å². The highest BCUT2D eigenvalue weighted by atomic mass is 15.1. The Hall–Kier alpha value is -0.550. The van der Waals surface area contributed by atoms with E-state index in [0.29, 0.717) is 5.41 Å². The van der Waals surface area contributed by atoms with E-state index >= 15 is 0 Å². The Kier molecular flexibility index (Phi) is 2.75. The molecule has 0 saturated heterocycles. The lowest BCUT2D eigenvalue weighted by atomic mass is 9.47. The van der Waals surface area contributed by atoms with Gasteiger partial charge in [0.25, 0.3) is 0 Å². The Bertz CT molecular complexity index is 344. The van der Waals surface area contributed by atoms with Gasteiger partial charge in [0.1, 0.15) is 5.54 Å². The second-order valence-corrected chi connectivity index (χ2v) is 7.87. The fraction of sp³-hybridized carbons (Fsp3) is 0.938. The van der Waals surface area contributed by atoms with Crippen molar-refractivity contribution in [3.63, 3.8) is 0 Å².